The maximum atomic E-state index is 12.8. The third-order valence-electron chi connectivity index (χ3n) is 5.55. The van der Waals surface area contributed by atoms with E-state index in [2.05, 4.69) is 22.5 Å². The van der Waals surface area contributed by atoms with Gasteiger partial charge in [0.25, 0.3) is 0 Å². The number of methoxy groups -OCH3 is 1. The number of hydrogen-bond acceptors (Lipinski definition) is 8. The first kappa shape index (κ1) is 35.0. The van der Waals surface area contributed by atoms with Crippen molar-refractivity contribution in [2.24, 2.45) is 16.9 Å². The zero-order chi connectivity index (χ0) is 31.0. The summed E-state index contributed by atoms with van der Waals surface area (Å²) in [7, 11) is 1.39. The number of hydrogen-bond donors (Lipinski definition) is 4. The van der Waals surface area contributed by atoms with E-state index in [1.807, 2.05) is 20.8 Å². The number of ether oxygens (including phenoxy) is 3. The molecule has 3 amide bonds. The molecule has 224 valence electrons. The standard InChI is InChI=1S/C29H39ClN4O7/c1-19(30)14-15-20(40-28(32)38)11-10-18-33-26(36)25(29(2,3)4)34-24(35)13-9-7-6-8-12-21(31)22-16-17-23(39-5)27(37)41-22/h8-10,12-14,17-18,20-22,25H,11,15-16,31H2,1-5H3,(H2,32,38)(H,33,36)(H,34,35)/b12-8-,13-9+,18-10-,19-14+/t20-,21+,22+,25-/m1/s1. The van der Waals surface area contributed by atoms with Gasteiger partial charge in [-0.2, -0.15) is 0 Å². The maximum absolute atomic E-state index is 12.8. The van der Waals surface area contributed by atoms with Crippen molar-refractivity contribution in [3.05, 3.63) is 59.5 Å². The number of esters is 1. The zero-order valence-electron chi connectivity index (χ0n) is 23.9. The third-order valence-corrected chi connectivity index (χ3v) is 5.70. The molecular formula is C29H39ClN4O7. The van der Waals surface area contributed by atoms with Crippen LogP contribution in [-0.4, -0.2) is 55.3 Å². The number of halogens is 1. The Balaban J connectivity index is 2.66. The van der Waals surface area contributed by atoms with E-state index in [9.17, 15) is 19.2 Å². The van der Waals surface area contributed by atoms with Gasteiger partial charge in [0.2, 0.25) is 11.8 Å². The highest BCUT2D eigenvalue weighted by Gasteiger charge is 2.32. The lowest BCUT2D eigenvalue weighted by molar-refractivity contribution is -0.150. The second-order valence-electron chi connectivity index (χ2n) is 10.1. The van der Waals surface area contributed by atoms with Crippen molar-refractivity contribution >= 4 is 35.5 Å². The lowest BCUT2D eigenvalue weighted by Crippen LogP contribution is -2.52. The summed E-state index contributed by atoms with van der Waals surface area (Å²) in [5.74, 6) is 4.04. The molecule has 0 fully saturated rings. The Morgan fingerprint density at radius 1 is 1.24 bits per heavy atom. The van der Waals surface area contributed by atoms with Gasteiger partial charge in [-0.1, -0.05) is 62.4 Å². The Morgan fingerprint density at radius 3 is 2.51 bits per heavy atom. The predicted molar refractivity (Wildman–Crippen MR) is 156 cm³/mol. The highest BCUT2D eigenvalue weighted by molar-refractivity contribution is 6.29. The molecule has 1 aliphatic rings. The van der Waals surface area contributed by atoms with Gasteiger partial charge in [0.1, 0.15) is 18.2 Å². The summed E-state index contributed by atoms with van der Waals surface area (Å²) in [6.45, 7) is 7.13. The summed E-state index contributed by atoms with van der Waals surface area (Å²) in [5, 5.41) is 5.86. The molecule has 0 aliphatic carbocycles. The van der Waals surface area contributed by atoms with Crippen molar-refractivity contribution in [3.63, 3.8) is 0 Å². The van der Waals surface area contributed by atoms with Crippen LogP contribution in [-0.2, 0) is 28.6 Å². The SMILES string of the molecule is COC1=CC[C@@H]([C@@H](N)/C=C\C#C/C=C/C(=O)N[C@H](C(=O)N/C=C\C[C@H](C/C=C(\C)Cl)OC(N)=O)C(C)(C)C)OC1=O. The first-order chi connectivity index (χ1) is 19.2. The summed E-state index contributed by atoms with van der Waals surface area (Å²) < 4.78 is 15.2. The van der Waals surface area contributed by atoms with Crippen molar-refractivity contribution in [1.82, 2.24) is 10.6 Å². The maximum Gasteiger partial charge on any atom is 0.404 e. The normalized spacial score (nSPS) is 18.1. The van der Waals surface area contributed by atoms with Gasteiger partial charge in [-0.3, -0.25) is 9.59 Å². The molecule has 6 N–H and O–H groups in total. The van der Waals surface area contributed by atoms with Gasteiger partial charge in [0, 0.05) is 30.4 Å². The van der Waals surface area contributed by atoms with Crippen LogP contribution in [0.2, 0.25) is 0 Å². The van der Waals surface area contributed by atoms with Crippen molar-refractivity contribution in [1.29, 1.82) is 0 Å². The van der Waals surface area contributed by atoms with E-state index in [0.717, 1.165) is 0 Å². The Hall–Kier alpha value is -4.01. The topological polar surface area (TPSA) is 172 Å². The van der Waals surface area contributed by atoms with Gasteiger partial charge in [0.15, 0.2) is 5.76 Å². The number of amides is 3. The Bertz CT molecular complexity index is 1150. The van der Waals surface area contributed by atoms with Crippen LogP contribution in [0.25, 0.3) is 0 Å². The molecule has 1 rings (SSSR count). The van der Waals surface area contributed by atoms with Crippen LogP contribution in [0.4, 0.5) is 4.79 Å². The fourth-order valence-corrected chi connectivity index (χ4v) is 3.50. The molecule has 12 heteroatoms. The lowest BCUT2D eigenvalue weighted by Gasteiger charge is -2.29. The monoisotopic (exact) mass is 590 g/mol. The minimum absolute atomic E-state index is 0.148. The van der Waals surface area contributed by atoms with Crippen molar-refractivity contribution < 1.29 is 33.4 Å². The largest absolute Gasteiger partial charge is 0.490 e. The van der Waals surface area contributed by atoms with E-state index in [1.54, 1.807) is 31.2 Å². The minimum atomic E-state index is -0.910. The number of cyclic esters (lactones) is 1. The van der Waals surface area contributed by atoms with Crippen molar-refractivity contribution in [3.8, 4) is 11.8 Å². The molecule has 0 spiro atoms. The quantitative estimate of drug-likeness (QED) is 0.153. The average Bonchev–Trinajstić information content (AvgIpc) is 2.88. The van der Waals surface area contributed by atoms with Crippen LogP contribution in [0.15, 0.2) is 59.5 Å². The van der Waals surface area contributed by atoms with Gasteiger partial charge < -0.3 is 36.3 Å². The molecule has 0 saturated carbocycles. The number of primary amides is 1. The molecular weight excluding hydrogens is 552 g/mol. The van der Waals surface area contributed by atoms with Gasteiger partial charge in [-0.05, 0) is 36.8 Å². The van der Waals surface area contributed by atoms with E-state index < -0.39 is 53.6 Å². The Kier molecular flexibility index (Phi) is 15.1. The Labute approximate surface area is 246 Å². The lowest BCUT2D eigenvalue weighted by atomic mass is 9.86. The molecule has 4 atom stereocenters. The molecule has 0 radical (unpaired) electrons. The van der Waals surface area contributed by atoms with E-state index in [1.165, 1.54) is 31.5 Å². The van der Waals surface area contributed by atoms with E-state index in [-0.39, 0.29) is 12.2 Å². The molecule has 41 heavy (non-hydrogen) atoms. The fraction of sp³-hybridized carbons (Fsp3) is 0.448. The van der Waals surface area contributed by atoms with E-state index in [4.69, 9.17) is 37.3 Å². The molecule has 1 aliphatic heterocycles. The van der Waals surface area contributed by atoms with E-state index in [0.29, 0.717) is 17.9 Å². The molecule has 0 unspecified atom stereocenters. The number of nitrogens with one attached hydrogen (secondary N) is 2. The number of nitrogens with two attached hydrogens (primary N) is 2. The second-order valence-corrected chi connectivity index (χ2v) is 10.6. The number of carbonyl (C=O) groups excluding carboxylic acids is 4. The minimum Gasteiger partial charge on any atom is -0.490 e. The number of rotatable bonds is 12. The zero-order valence-corrected chi connectivity index (χ0v) is 24.7. The smallest absolute Gasteiger partial charge is 0.404 e. The summed E-state index contributed by atoms with van der Waals surface area (Å²) in [6.07, 6.45) is 11.1. The van der Waals surface area contributed by atoms with Gasteiger partial charge >= 0.3 is 12.1 Å². The van der Waals surface area contributed by atoms with Crippen molar-refractivity contribution in [2.75, 3.05) is 7.11 Å². The molecule has 0 aromatic rings. The van der Waals surface area contributed by atoms with Gasteiger partial charge in [-0.15, -0.1) is 0 Å². The van der Waals surface area contributed by atoms with Crippen LogP contribution in [0.1, 0.15) is 47.0 Å². The van der Waals surface area contributed by atoms with E-state index >= 15 is 0 Å². The van der Waals surface area contributed by atoms with Gasteiger partial charge in [-0.25, -0.2) is 9.59 Å². The summed E-state index contributed by atoms with van der Waals surface area (Å²) in [5.41, 5.74) is 10.5. The van der Waals surface area contributed by atoms with Crippen LogP contribution in [0.5, 0.6) is 0 Å². The van der Waals surface area contributed by atoms with Crippen molar-refractivity contribution in [2.45, 2.75) is 71.2 Å². The fourth-order valence-electron chi connectivity index (χ4n) is 3.41. The summed E-state index contributed by atoms with van der Waals surface area (Å²) >= 11 is 5.83. The number of carbonyl (C=O) groups is 4. The molecule has 0 aromatic carbocycles. The third kappa shape index (κ3) is 14.3. The molecule has 0 aromatic heterocycles. The molecule has 0 bridgehead atoms. The van der Waals surface area contributed by atoms with Crippen LogP contribution < -0.4 is 22.1 Å². The second kappa shape index (κ2) is 17.6. The summed E-state index contributed by atoms with van der Waals surface area (Å²) in [4.78, 5) is 48.1. The first-order valence-corrected chi connectivity index (χ1v) is 13.2. The predicted octanol–water partition coefficient (Wildman–Crippen LogP) is 2.82. The number of allylic oxidation sites excluding steroid dienone is 3. The first-order valence-electron chi connectivity index (χ1n) is 12.8. The van der Waals surface area contributed by atoms with Gasteiger partial charge in [0.05, 0.1) is 13.2 Å². The molecule has 0 saturated heterocycles. The molecule has 11 nitrogen and oxygen atoms in total. The highest BCUT2D eigenvalue weighted by Crippen LogP contribution is 2.20. The molecule has 1 heterocycles. The highest BCUT2D eigenvalue weighted by atomic mass is 35.5. The van der Waals surface area contributed by atoms with Crippen LogP contribution in [0.3, 0.4) is 0 Å². The van der Waals surface area contributed by atoms with Crippen LogP contribution >= 0.6 is 11.6 Å². The summed E-state index contributed by atoms with van der Waals surface area (Å²) in [6, 6.07) is -1.43. The Morgan fingerprint density at radius 2 is 1.93 bits per heavy atom. The van der Waals surface area contributed by atoms with Crippen LogP contribution in [0, 0.1) is 17.3 Å². The average molecular weight is 591 g/mol.